The van der Waals surface area contributed by atoms with Gasteiger partial charge >= 0.3 is 0 Å². The summed E-state index contributed by atoms with van der Waals surface area (Å²) < 4.78 is 1.98. The fourth-order valence-corrected chi connectivity index (χ4v) is 5.03. The van der Waals surface area contributed by atoms with E-state index in [2.05, 4.69) is 66.3 Å². The molecule has 152 valence electrons. The first-order chi connectivity index (χ1) is 13.4. The number of nitrogens with zero attached hydrogens (tertiary/aromatic N) is 4. The van der Waals surface area contributed by atoms with Crippen LogP contribution in [0.5, 0.6) is 0 Å². The zero-order valence-corrected chi connectivity index (χ0v) is 17.5. The molecule has 0 aliphatic carbocycles. The molecule has 2 aliphatic rings. The number of aliphatic hydroxyl groups is 1. The number of benzene rings is 1. The highest BCUT2D eigenvalue weighted by atomic mass is 16.3. The highest BCUT2D eigenvalue weighted by Crippen LogP contribution is 2.39. The average molecular weight is 383 g/mol. The van der Waals surface area contributed by atoms with Gasteiger partial charge in [-0.1, -0.05) is 26.0 Å². The van der Waals surface area contributed by atoms with E-state index in [4.69, 9.17) is 0 Å². The quantitative estimate of drug-likeness (QED) is 0.881. The van der Waals surface area contributed by atoms with E-state index < -0.39 is 0 Å². The van der Waals surface area contributed by atoms with Crippen molar-refractivity contribution in [3.8, 4) is 5.69 Å². The van der Waals surface area contributed by atoms with Crippen molar-refractivity contribution < 1.29 is 5.11 Å². The first kappa shape index (κ1) is 19.6. The maximum atomic E-state index is 10.2. The lowest BCUT2D eigenvalue weighted by Gasteiger charge is -2.48. The van der Waals surface area contributed by atoms with E-state index in [0.717, 1.165) is 44.8 Å². The van der Waals surface area contributed by atoms with Gasteiger partial charge in [-0.2, -0.15) is 5.10 Å². The molecule has 0 bridgehead atoms. The second-order valence-electron chi connectivity index (χ2n) is 9.37. The predicted molar refractivity (Wildman–Crippen MR) is 113 cm³/mol. The predicted octanol–water partition coefficient (Wildman–Crippen LogP) is 3.27. The van der Waals surface area contributed by atoms with Crippen molar-refractivity contribution in [3.63, 3.8) is 0 Å². The molecule has 2 fully saturated rings. The Morgan fingerprint density at radius 1 is 1.18 bits per heavy atom. The van der Waals surface area contributed by atoms with E-state index >= 15 is 0 Å². The summed E-state index contributed by atoms with van der Waals surface area (Å²) in [6.45, 7) is 9.55. The fourth-order valence-electron chi connectivity index (χ4n) is 5.03. The first-order valence-corrected chi connectivity index (χ1v) is 10.7. The molecule has 1 aromatic heterocycles. The van der Waals surface area contributed by atoms with Gasteiger partial charge in [0.15, 0.2) is 0 Å². The number of rotatable bonds is 4. The Labute approximate surface area is 169 Å². The Balaban J connectivity index is 1.35. The molecule has 1 spiro atoms. The van der Waals surface area contributed by atoms with E-state index in [1.165, 1.54) is 24.0 Å². The number of piperidine rings is 2. The Hall–Kier alpha value is -1.69. The zero-order chi connectivity index (χ0) is 19.7. The van der Waals surface area contributed by atoms with Crippen LogP contribution in [0.1, 0.15) is 50.2 Å². The number of β-amino-alcohol motifs (C(OH)–C–C–N with tert-alkyl or cyclic N) is 1. The number of aliphatic hydroxyl groups excluding tert-OH is 1. The zero-order valence-electron chi connectivity index (χ0n) is 17.5. The molecule has 5 nitrogen and oxygen atoms in total. The van der Waals surface area contributed by atoms with Crippen molar-refractivity contribution in [2.45, 2.75) is 51.7 Å². The average Bonchev–Trinajstić information content (AvgIpc) is 3.11. The summed E-state index contributed by atoms with van der Waals surface area (Å²) in [4.78, 5) is 4.84. The van der Waals surface area contributed by atoms with Gasteiger partial charge in [-0.05, 0) is 68.4 Å². The molecule has 2 aliphatic heterocycles. The molecule has 0 amide bonds. The third-order valence-electron chi connectivity index (χ3n) is 6.58. The molecule has 4 rings (SSSR count). The summed E-state index contributed by atoms with van der Waals surface area (Å²) >= 11 is 0. The maximum absolute atomic E-state index is 10.2. The van der Waals surface area contributed by atoms with Gasteiger partial charge in [0.05, 0.1) is 18.0 Å². The van der Waals surface area contributed by atoms with Crippen LogP contribution in [0.15, 0.2) is 36.7 Å². The molecule has 1 N–H and O–H groups in total. The minimum atomic E-state index is -0.161. The molecule has 1 unspecified atom stereocenters. The van der Waals surface area contributed by atoms with Crippen LogP contribution in [0.25, 0.3) is 5.69 Å². The molecule has 5 heteroatoms. The van der Waals surface area contributed by atoms with Gasteiger partial charge in [0.25, 0.3) is 0 Å². The van der Waals surface area contributed by atoms with Gasteiger partial charge in [0.1, 0.15) is 0 Å². The number of likely N-dealkylation sites (tertiary alicyclic amines) is 2. The largest absolute Gasteiger partial charge is 0.392 e. The second-order valence-corrected chi connectivity index (χ2v) is 9.37. The second kappa shape index (κ2) is 7.97. The summed E-state index contributed by atoms with van der Waals surface area (Å²) in [6.07, 6.45) is 7.32. The summed E-state index contributed by atoms with van der Waals surface area (Å²) in [5.41, 5.74) is 4.06. The van der Waals surface area contributed by atoms with E-state index in [-0.39, 0.29) is 6.10 Å². The number of aromatic nitrogens is 2. The Bertz CT molecular complexity index is 762. The lowest BCUT2D eigenvalue weighted by Crippen LogP contribution is -2.52. The van der Waals surface area contributed by atoms with Crippen molar-refractivity contribution >= 4 is 0 Å². The summed E-state index contributed by atoms with van der Waals surface area (Å²) in [5.74, 6) is 0.551. The molecular weight excluding hydrogens is 348 g/mol. The topological polar surface area (TPSA) is 44.5 Å². The van der Waals surface area contributed by atoms with Crippen LogP contribution in [0.3, 0.4) is 0 Å². The number of hydrogen-bond acceptors (Lipinski definition) is 4. The van der Waals surface area contributed by atoms with Crippen molar-refractivity contribution in [3.05, 3.63) is 47.8 Å². The van der Waals surface area contributed by atoms with Gasteiger partial charge in [-0.25, -0.2) is 4.68 Å². The SMILES string of the molecule is CC(C)c1ccc(-n2cc(CN3CCC4(CC3)CC(O)CN(C)C4)cn2)cc1. The van der Waals surface area contributed by atoms with Crippen molar-refractivity contribution in [1.82, 2.24) is 19.6 Å². The van der Waals surface area contributed by atoms with E-state index in [9.17, 15) is 5.11 Å². The Kier molecular flexibility index (Phi) is 5.59. The lowest BCUT2D eigenvalue weighted by atomic mass is 9.72. The standard InChI is InChI=1S/C23H34N4O/c1-18(2)20-4-6-21(7-5-20)27-15-19(13-24-27)14-26-10-8-23(9-11-26)12-22(28)16-25(3)17-23/h4-7,13,15,18,22,28H,8-12,14,16-17H2,1-3H3. The highest BCUT2D eigenvalue weighted by Gasteiger charge is 2.40. The van der Waals surface area contributed by atoms with Gasteiger partial charge in [-0.15, -0.1) is 0 Å². The first-order valence-electron chi connectivity index (χ1n) is 10.7. The van der Waals surface area contributed by atoms with Gasteiger partial charge < -0.3 is 10.0 Å². The van der Waals surface area contributed by atoms with Crippen LogP contribution in [-0.4, -0.2) is 64.0 Å². The molecule has 3 heterocycles. The van der Waals surface area contributed by atoms with Crippen molar-refractivity contribution in [2.75, 3.05) is 33.2 Å². The third-order valence-corrected chi connectivity index (χ3v) is 6.58. The van der Waals surface area contributed by atoms with Crippen LogP contribution in [0.2, 0.25) is 0 Å². The normalized spacial score (nSPS) is 23.5. The molecule has 0 radical (unpaired) electrons. The van der Waals surface area contributed by atoms with Crippen LogP contribution in [-0.2, 0) is 6.54 Å². The summed E-state index contributed by atoms with van der Waals surface area (Å²) in [7, 11) is 2.14. The minimum Gasteiger partial charge on any atom is -0.392 e. The van der Waals surface area contributed by atoms with Crippen LogP contribution in [0, 0.1) is 5.41 Å². The van der Waals surface area contributed by atoms with Gasteiger partial charge in [0, 0.05) is 31.4 Å². The molecule has 0 saturated carbocycles. The molecule has 1 aromatic carbocycles. The third kappa shape index (κ3) is 4.32. The monoisotopic (exact) mass is 382 g/mol. The Morgan fingerprint density at radius 3 is 2.54 bits per heavy atom. The van der Waals surface area contributed by atoms with Crippen LogP contribution in [0.4, 0.5) is 0 Å². The van der Waals surface area contributed by atoms with E-state index in [1.54, 1.807) is 0 Å². The Morgan fingerprint density at radius 2 is 1.89 bits per heavy atom. The molecule has 1 atom stereocenters. The summed E-state index contributed by atoms with van der Waals surface area (Å²) in [5, 5.41) is 14.8. The van der Waals surface area contributed by atoms with Crippen molar-refractivity contribution in [1.29, 1.82) is 0 Å². The van der Waals surface area contributed by atoms with Gasteiger partial charge in [-0.3, -0.25) is 4.90 Å². The minimum absolute atomic E-state index is 0.161. The van der Waals surface area contributed by atoms with Crippen molar-refractivity contribution in [2.24, 2.45) is 5.41 Å². The maximum Gasteiger partial charge on any atom is 0.0672 e. The number of likely N-dealkylation sites (N-methyl/N-ethyl adjacent to an activating group) is 1. The van der Waals surface area contributed by atoms with E-state index in [1.807, 2.05) is 10.9 Å². The summed E-state index contributed by atoms with van der Waals surface area (Å²) in [6, 6.07) is 8.70. The molecule has 2 aromatic rings. The molecule has 28 heavy (non-hydrogen) atoms. The van der Waals surface area contributed by atoms with E-state index in [0.29, 0.717) is 11.3 Å². The smallest absolute Gasteiger partial charge is 0.0672 e. The fraction of sp³-hybridized carbons (Fsp3) is 0.609. The molecular formula is C23H34N4O. The highest BCUT2D eigenvalue weighted by molar-refractivity contribution is 5.35. The lowest BCUT2D eigenvalue weighted by molar-refractivity contribution is -0.0331. The number of hydrogen-bond donors (Lipinski definition) is 1. The van der Waals surface area contributed by atoms with Crippen LogP contribution < -0.4 is 0 Å². The molecule has 2 saturated heterocycles. The van der Waals surface area contributed by atoms with Gasteiger partial charge in [0.2, 0.25) is 0 Å². The van der Waals surface area contributed by atoms with Crippen LogP contribution >= 0.6 is 0 Å².